The third-order valence-electron chi connectivity index (χ3n) is 5.20. The number of carbonyl (C=O) groups is 2. The van der Waals surface area contributed by atoms with E-state index in [1.165, 1.54) is 56.9 Å². The minimum atomic E-state index is -0.897. The van der Waals surface area contributed by atoms with E-state index in [4.69, 9.17) is 4.52 Å². The molecule has 0 saturated carbocycles. The van der Waals surface area contributed by atoms with Crippen molar-refractivity contribution in [2.75, 3.05) is 18.1 Å². The lowest BCUT2D eigenvalue weighted by atomic mass is 10.0. The number of Topliss-reactive ketones (excluding diaryl/α,β-unsaturated/α-hetero) is 1. The molecule has 8 heteroatoms. The summed E-state index contributed by atoms with van der Waals surface area (Å²) in [5.74, 6) is 2.29. The van der Waals surface area contributed by atoms with Crippen LogP contribution < -0.4 is 5.32 Å². The second-order valence-corrected chi connectivity index (χ2v) is 10.0. The number of unbranched alkanes of at least 4 members (excludes halogenated alkanes) is 6. The first-order chi connectivity index (χ1) is 15.1. The van der Waals surface area contributed by atoms with Gasteiger partial charge in [0.05, 0.1) is 5.75 Å². The summed E-state index contributed by atoms with van der Waals surface area (Å²) in [4.78, 5) is 26.4. The lowest BCUT2D eigenvalue weighted by Gasteiger charge is -2.30. The molecule has 1 unspecified atom stereocenters. The Bertz CT molecular complexity index is 871. The van der Waals surface area contributed by atoms with E-state index in [1.807, 2.05) is 30.0 Å². The van der Waals surface area contributed by atoms with Crippen molar-refractivity contribution in [1.82, 2.24) is 9.46 Å². The Morgan fingerprint density at radius 3 is 2.74 bits per heavy atom. The average Bonchev–Trinajstić information content (AvgIpc) is 3.19. The van der Waals surface area contributed by atoms with E-state index in [2.05, 4.69) is 17.4 Å². The Hall–Kier alpha value is -1.77. The number of nitrogens with one attached hydrogen (secondary N) is 1. The Kier molecular flexibility index (Phi) is 9.49. The Morgan fingerprint density at radius 1 is 1.19 bits per heavy atom. The summed E-state index contributed by atoms with van der Waals surface area (Å²) in [6.45, 7) is 2.24. The maximum absolute atomic E-state index is 12.8. The van der Waals surface area contributed by atoms with E-state index >= 15 is 0 Å². The zero-order chi connectivity index (χ0) is 22.1. The molecule has 2 heterocycles. The highest BCUT2D eigenvalue weighted by Gasteiger charge is 2.37. The molecule has 1 aromatic heterocycles. The van der Waals surface area contributed by atoms with Crippen LogP contribution in [0.25, 0.3) is 0 Å². The SMILES string of the molecule is CCCCCCCCCSCc1cc(NC(=O)C2C(=O)c3ccccc3SN2C)no1. The molecule has 0 spiro atoms. The second kappa shape index (κ2) is 12.3. The van der Waals surface area contributed by atoms with Crippen molar-refractivity contribution in [3.05, 3.63) is 41.7 Å². The summed E-state index contributed by atoms with van der Waals surface area (Å²) in [7, 11) is 1.75. The van der Waals surface area contributed by atoms with E-state index in [0.29, 0.717) is 11.4 Å². The lowest BCUT2D eigenvalue weighted by molar-refractivity contribution is -0.118. The fourth-order valence-electron chi connectivity index (χ4n) is 3.52. The highest BCUT2D eigenvalue weighted by molar-refractivity contribution is 7.98. The first-order valence-electron chi connectivity index (χ1n) is 11.0. The van der Waals surface area contributed by atoms with Crippen molar-refractivity contribution in [3.8, 4) is 0 Å². The quantitative estimate of drug-likeness (QED) is 0.243. The van der Waals surface area contributed by atoms with Crippen LogP contribution in [0.5, 0.6) is 0 Å². The normalized spacial score (nSPS) is 16.3. The molecule has 0 radical (unpaired) electrons. The number of amides is 1. The highest BCUT2D eigenvalue weighted by atomic mass is 32.2. The summed E-state index contributed by atoms with van der Waals surface area (Å²) in [5, 5.41) is 6.68. The summed E-state index contributed by atoms with van der Waals surface area (Å²) in [6, 6.07) is 8.18. The first-order valence-corrected chi connectivity index (χ1v) is 12.9. The molecule has 0 saturated heterocycles. The van der Waals surface area contributed by atoms with Gasteiger partial charge in [0.25, 0.3) is 5.91 Å². The van der Waals surface area contributed by atoms with Crippen LogP contribution >= 0.6 is 23.7 Å². The molecule has 6 nitrogen and oxygen atoms in total. The minimum Gasteiger partial charge on any atom is -0.358 e. The molecular formula is C23H31N3O3S2. The molecule has 31 heavy (non-hydrogen) atoms. The molecule has 1 aliphatic heterocycles. The topological polar surface area (TPSA) is 75.4 Å². The fraction of sp³-hybridized carbons (Fsp3) is 0.522. The summed E-state index contributed by atoms with van der Waals surface area (Å²) < 4.78 is 7.03. The monoisotopic (exact) mass is 461 g/mol. The zero-order valence-corrected chi connectivity index (χ0v) is 19.9. The number of hydrogen-bond acceptors (Lipinski definition) is 7. The molecule has 1 amide bonds. The maximum atomic E-state index is 12.8. The van der Waals surface area contributed by atoms with Crippen LogP contribution in [0, 0.1) is 0 Å². The number of benzene rings is 1. The lowest BCUT2D eigenvalue weighted by Crippen LogP contribution is -2.46. The van der Waals surface area contributed by atoms with Crippen LogP contribution in [0.3, 0.4) is 0 Å². The van der Waals surface area contributed by atoms with Gasteiger partial charge in [-0.3, -0.25) is 9.59 Å². The first kappa shape index (κ1) is 23.9. The van der Waals surface area contributed by atoms with Gasteiger partial charge >= 0.3 is 0 Å². The molecule has 2 aromatic rings. The zero-order valence-electron chi connectivity index (χ0n) is 18.3. The molecule has 3 rings (SSSR count). The fourth-order valence-corrected chi connectivity index (χ4v) is 5.43. The summed E-state index contributed by atoms with van der Waals surface area (Å²) >= 11 is 3.21. The summed E-state index contributed by atoms with van der Waals surface area (Å²) in [5.41, 5.74) is 0.577. The number of rotatable bonds is 12. The number of anilines is 1. The largest absolute Gasteiger partial charge is 0.358 e. The number of aromatic nitrogens is 1. The van der Waals surface area contributed by atoms with E-state index in [9.17, 15) is 9.59 Å². The minimum absolute atomic E-state index is 0.205. The van der Waals surface area contributed by atoms with Gasteiger partial charge < -0.3 is 9.84 Å². The molecule has 1 N–H and O–H groups in total. The van der Waals surface area contributed by atoms with Gasteiger partial charge in [0.2, 0.25) is 0 Å². The van der Waals surface area contributed by atoms with Crippen molar-refractivity contribution in [2.45, 2.75) is 68.6 Å². The predicted octanol–water partition coefficient (Wildman–Crippen LogP) is 5.80. The molecule has 168 valence electrons. The van der Waals surface area contributed by atoms with Crippen LogP contribution in [-0.4, -0.2) is 40.0 Å². The van der Waals surface area contributed by atoms with Gasteiger partial charge in [-0.25, -0.2) is 4.31 Å². The van der Waals surface area contributed by atoms with Gasteiger partial charge in [-0.05, 0) is 37.2 Å². The van der Waals surface area contributed by atoms with Crippen LogP contribution in [0.2, 0.25) is 0 Å². The Balaban J connectivity index is 1.41. The van der Waals surface area contributed by atoms with E-state index in [0.717, 1.165) is 22.2 Å². The van der Waals surface area contributed by atoms with Crippen molar-refractivity contribution < 1.29 is 14.1 Å². The number of hydrogen-bond donors (Lipinski definition) is 1. The maximum Gasteiger partial charge on any atom is 0.251 e. The third-order valence-corrected chi connectivity index (χ3v) is 7.32. The smallest absolute Gasteiger partial charge is 0.251 e. The number of thioether (sulfide) groups is 1. The molecule has 0 aliphatic carbocycles. The van der Waals surface area contributed by atoms with Crippen molar-refractivity contribution in [1.29, 1.82) is 0 Å². The van der Waals surface area contributed by atoms with Gasteiger partial charge in [-0.1, -0.05) is 68.8 Å². The van der Waals surface area contributed by atoms with Gasteiger partial charge in [-0.2, -0.15) is 11.8 Å². The van der Waals surface area contributed by atoms with E-state index in [-0.39, 0.29) is 5.78 Å². The number of nitrogens with zero attached hydrogens (tertiary/aromatic N) is 2. The van der Waals surface area contributed by atoms with Gasteiger partial charge in [-0.15, -0.1) is 0 Å². The van der Waals surface area contributed by atoms with E-state index < -0.39 is 11.9 Å². The highest BCUT2D eigenvalue weighted by Crippen LogP contribution is 2.34. The molecule has 1 aliphatic rings. The average molecular weight is 462 g/mol. The van der Waals surface area contributed by atoms with Crippen LogP contribution in [0.4, 0.5) is 5.82 Å². The molecule has 0 fully saturated rings. The Morgan fingerprint density at radius 2 is 1.94 bits per heavy atom. The van der Waals surface area contributed by atoms with Gasteiger partial charge in [0, 0.05) is 16.5 Å². The standard InChI is InChI=1S/C23H31N3O3S2/c1-3-4-5-6-7-8-11-14-30-16-17-15-20(25-29-17)24-23(28)21-22(27)18-12-9-10-13-19(18)31-26(21)2/h9-10,12-13,15,21H,3-8,11,14,16H2,1-2H3,(H,24,25,28). The van der Waals surface area contributed by atoms with Crippen molar-refractivity contribution >= 4 is 41.2 Å². The molecule has 1 atom stereocenters. The predicted molar refractivity (Wildman–Crippen MR) is 127 cm³/mol. The van der Waals surface area contributed by atoms with Crippen LogP contribution in [0.15, 0.2) is 39.8 Å². The van der Waals surface area contributed by atoms with Gasteiger partial charge in [0.1, 0.15) is 5.76 Å². The number of carbonyl (C=O) groups excluding carboxylic acids is 2. The van der Waals surface area contributed by atoms with Crippen LogP contribution in [0.1, 0.15) is 68.0 Å². The molecular weight excluding hydrogens is 430 g/mol. The summed E-state index contributed by atoms with van der Waals surface area (Å²) in [6.07, 6.45) is 9.13. The third kappa shape index (κ3) is 6.85. The van der Waals surface area contributed by atoms with Crippen molar-refractivity contribution in [3.63, 3.8) is 0 Å². The van der Waals surface area contributed by atoms with Gasteiger partial charge in [0.15, 0.2) is 17.6 Å². The van der Waals surface area contributed by atoms with E-state index in [1.54, 1.807) is 23.5 Å². The van der Waals surface area contributed by atoms with Crippen LogP contribution in [-0.2, 0) is 10.5 Å². The molecule has 1 aromatic carbocycles. The number of fused-ring (bicyclic) bond motifs is 1. The second-order valence-electron chi connectivity index (χ2n) is 7.74. The number of ketones is 1. The number of likely N-dealkylation sites (N-methyl/N-ethyl adjacent to an activating group) is 1. The molecule has 0 bridgehead atoms. The van der Waals surface area contributed by atoms with Crippen molar-refractivity contribution in [2.24, 2.45) is 0 Å². The Labute approximate surface area is 193 Å².